The molecule has 4 atom stereocenters. The van der Waals surface area contributed by atoms with Gasteiger partial charge in [0.05, 0.1) is 19.9 Å². The number of hydrogen-bond donors (Lipinski definition) is 7. The van der Waals surface area contributed by atoms with Gasteiger partial charge in [0.25, 0.3) is 5.56 Å². The van der Waals surface area contributed by atoms with Crippen LogP contribution in [0.3, 0.4) is 0 Å². The maximum atomic E-state index is 12.3. The largest absolute Gasteiger partial charge is 0.504 e. The molecule has 1 saturated heterocycles. The van der Waals surface area contributed by atoms with Gasteiger partial charge in [-0.2, -0.15) is 10.1 Å². The molecule has 1 aromatic carbocycles. The number of nitrogens with one attached hydrogen (secondary N) is 2. The van der Waals surface area contributed by atoms with Crippen LogP contribution in [0.4, 0.5) is 11.9 Å². The van der Waals surface area contributed by atoms with Gasteiger partial charge in [-0.05, 0) is 12.1 Å². The number of aromatic amines is 1. The van der Waals surface area contributed by atoms with Gasteiger partial charge in [-0.25, -0.2) is 10.4 Å². The van der Waals surface area contributed by atoms with E-state index in [2.05, 4.69) is 25.5 Å². The van der Waals surface area contributed by atoms with Crippen molar-refractivity contribution in [2.45, 2.75) is 24.5 Å². The number of benzene rings is 1. The van der Waals surface area contributed by atoms with Crippen LogP contribution in [0.15, 0.2) is 28.1 Å². The molecule has 0 radical (unpaired) electrons. The summed E-state index contributed by atoms with van der Waals surface area (Å²) < 4.78 is 11.8. The number of aliphatic hydroxyl groups excluding tert-OH is 3. The third kappa shape index (κ3) is 3.60. The lowest BCUT2D eigenvalue weighted by Gasteiger charge is -2.18. The summed E-state index contributed by atoms with van der Waals surface area (Å²) in [4.78, 5) is 22.8. The number of nitrogens with zero attached hydrogens (tertiary/aromatic N) is 4. The Balaban J connectivity index is 1.76. The summed E-state index contributed by atoms with van der Waals surface area (Å²) in [6.45, 7) is -0.548. The number of aromatic nitrogens is 4. The standard InChI is InChI=1S/C18H21N7O7/c1-31-8-4-2-3-7(11(8)27)5-20-24-18-21-10-14(22-17(19)23-15(10)30)25(18)16-13(29)12(28)9(6-26)32-16/h2-5,9,12-13,16,26-29H,6H2,1H3,(H,21,24)(H3,19,22,23,30)/b20-5-/t9-,12+,13+,16-/m1/s1. The molecule has 3 heterocycles. The zero-order valence-corrected chi connectivity index (χ0v) is 16.7. The summed E-state index contributed by atoms with van der Waals surface area (Å²) in [5.41, 5.74) is 7.77. The van der Waals surface area contributed by atoms with E-state index in [9.17, 15) is 25.2 Å². The first-order valence-corrected chi connectivity index (χ1v) is 9.41. The first-order valence-electron chi connectivity index (χ1n) is 9.41. The number of methoxy groups -OCH3 is 1. The van der Waals surface area contributed by atoms with Gasteiger partial charge in [0, 0.05) is 5.56 Å². The van der Waals surface area contributed by atoms with Crippen LogP contribution in [0.2, 0.25) is 0 Å². The van der Waals surface area contributed by atoms with E-state index in [0.29, 0.717) is 5.56 Å². The van der Waals surface area contributed by atoms with Gasteiger partial charge in [-0.3, -0.25) is 14.3 Å². The van der Waals surface area contributed by atoms with E-state index in [1.165, 1.54) is 17.9 Å². The minimum Gasteiger partial charge on any atom is -0.504 e. The van der Waals surface area contributed by atoms with Gasteiger partial charge < -0.3 is 35.6 Å². The Labute approximate surface area is 179 Å². The van der Waals surface area contributed by atoms with E-state index in [0.717, 1.165) is 0 Å². The number of aromatic hydroxyl groups is 1. The number of nitrogen functional groups attached to an aromatic ring is 1. The number of phenolic OH excluding ortho intramolecular Hbond substituents is 1. The molecule has 0 spiro atoms. The van der Waals surface area contributed by atoms with Crippen molar-refractivity contribution < 1.29 is 29.9 Å². The van der Waals surface area contributed by atoms with Gasteiger partial charge in [0.1, 0.15) is 18.3 Å². The average Bonchev–Trinajstić information content (AvgIpc) is 3.26. The third-order valence-corrected chi connectivity index (χ3v) is 4.96. The number of para-hydroxylation sites is 1. The highest BCUT2D eigenvalue weighted by Crippen LogP contribution is 2.34. The van der Waals surface area contributed by atoms with Crippen molar-refractivity contribution in [2.24, 2.45) is 5.10 Å². The van der Waals surface area contributed by atoms with Crippen molar-refractivity contribution in [3.63, 3.8) is 0 Å². The minimum absolute atomic E-state index is 0.0389. The fourth-order valence-corrected chi connectivity index (χ4v) is 3.38. The van der Waals surface area contributed by atoms with Crippen LogP contribution in [-0.4, -0.2) is 78.2 Å². The van der Waals surface area contributed by atoms with Crippen LogP contribution in [-0.2, 0) is 4.74 Å². The van der Waals surface area contributed by atoms with Crippen molar-refractivity contribution in [3.8, 4) is 11.5 Å². The smallest absolute Gasteiger partial charge is 0.280 e. The Hall–Kier alpha value is -3.72. The molecular formula is C18H21N7O7. The van der Waals surface area contributed by atoms with Gasteiger partial charge in [-0.15, -0.1) is 0 Å². The molecular weight excluding hydrogens is 426 g/mol. The molecule has 3 aromatic rings. The van der Waals surface area contributed by atoms with Gasteiger partial charge in [0.15, 0.2) is 28.9 Å². The summed E-state index contributed by atoms with van der Waals surface area (Å²) in [6.07, 6.45) is -3.92. The molecule has 14 nitrogen and oxygen atoms in total. The lowest BCUT2D eigenvalue weighted by molar-refractivity contribution is -0.0501. The normalized spacial score (nSPS) is 23.2. The predicted octanol–water partition coefficient (Wildman–Crippen LogP) is -1.53. The topological polar surface area (TPSA) is 213 Å². The first kappa shape index (κ1) is 21.5. The summed E-state index contributed by atoms with van der Waals surface area (Å²) in [5, 5.41) is 44.2. The SMILES string of the molecule is COc1cccc(/C=N\Nc2nc3c(=O)[nH]c(N)nc3n2[C@@H]2O[C@H](CO)[C@H](O)[C@@H]2O)c1O. The van der Waals surface area contributed by atoms with E-state index in [-0.39, 0.29) is 34.6 Å². The Bertz CT molecular complexity index is 1220. The summed E-state index contributed by atoms with van der Waals surface area (Å²) in [6, 6.07) is 4.81. The summed E-state index contributed by atoms with van der Waals surface area (Å²) in [5.74, 6) is -0.161. The lowest BCUT2D eigenvalue weighted by Crippen LogP contribution is -2.33. The van der Waals surface area contributed by atoms with Crippen LogP contribution in [0.1, 0.15) is 11.8 Å². The number of hydrazone groups is 1. The Morgan fingerprint density at radius 3 is 2.84 bits per heavy atom. The molecule has 0 aliphatic carbocycles. The van der Waals surface area contributed by atoms with E-state index in [1.807, 2.05) is 0 Å². The van der Waals surface area contributed by atoms with Crippen LogP contribution in [0, 0.1) is 0 Å². The van der Waals surface area contributed by atoms with E-state index < -0.39 is 36.7 Å². The number of aliphatic hydroxyl groups is 3. The fraction of sp³-hybridized carbons (Fsp3) is 0.333. The second-order valence-corrected chi connectivity index (χ2v) is 6.93. The number of fused-ring (bicyclic) bond motifs is 1. The summed E-state index contributed by atoms with van der Waals surface area (Å²) in [7, 11) is 1.41. The highest BCUT2D eigenvalue weighted by atomic mass is 16.6. The lowest BCUT2D eigenvalue weighted by atomic mass is 10.1. The minimum atomic E-state index is -1.47. The molecule has 0 saturated carbocycles. The highest BCUT2D eigenvalue weighted by Gasteiger charge is 2.45. The molecule has 1 aliphatic heterocycles. The molecule has 0 amide bonds. The van der Waals surface area contributed by atoms with Crippen LogP contribution in [0.25, 0.3) is 11.2 Å². The van der Waals surface area contributed by atoms with Gasteiger partial charge in [0.2, 0.25) is 11.9 Å². The van der Waals surface area contributed by atoms with Crippen molar-refractivity contribution >= 4 is 29.3 Å². The number of rotatable bonds is 6. The number of H-pyrrole nitrogens is 1. The Kier molecular flexibility index (Phi) is 5.67. The molecule has 8 N–H and O–H groups in total. The quantitative estimate of drug-likeness (QED) is 0.170. The monoisotopic (exact) mass is 447 g/mol. The zero-order chi connectivity index (χ0) is 23.0. The average molecular weight is 447 g/mol. The van der Waals surface area contributed by atoms with Gasteiger partial charge in [-0.1, -0.05) is 6.07 Å². The maximum absolute atomic E-state index is 12.3. The second-order valence-electron chi connectivity index (χ2n) is 6.93. The van der Waals surface area contributed by atoms with Crippen LogP contribution >= 0.6 is 0 Å². The molecule has 1 fully saturated rings. The third-order valence-electron chi connectivity index (χ3n) is 4.96. The second kappa shape index (κ2) is 8.43. The van der Waals surface area contributed by atoms with E-state index in [1.54, 1.807) is 18.2 Å². The molecule has 170 valence electrons. The maximum Gasteiger partial charge on any atom is 0.280 e. The first-order chi connectivity index (χ1) is 15.3. The van der Waals surface area contributed by atoms with Crippen molar-refractivity contribution in [2.75, 3.05) is 24.9 Å². The number of ether oxygens (including phenoxy) is 2. The number of nitrogens with two attached hydrogens (primary N) is 1. The predicted molar refractivity (Wildman–Crippen MR) is 111 cm³/mol. The van der Waals surface area contributed by atoms with Gasteiger partial charge >= 0.3 is 0 Å². The van der Waals surface area contributed by atoms with Crippen LogP contribution < -0.4 is 21.5 Å². The Morgan fingerprint density at radius 1 is 1.38 bits per heavy atom. The molecule has 14 heteroatoms. The van der Waals surface area contributed by atoms with Crippen molar-refractivity contribution in [1.29, 1.82) is 0 Å². The van der Waals surface area contributed by atoms with Crippen molar-refractivity contribution in [1.82, 2.24) is 19.5 Å². The van der Waals surface area contributed by atoms with E-state index >= 15 is 0 Å². The highest BCUT2D eigenvalue weighted by molar-refractivity contribution is 5.85. The fourth-order valence-electron chi connectivity index (χ4n) is 3.38. The van der Waals surface area contributed by atoms with Crippen molar-refractivity contribution in [3.05, 3.63) is 34.1 Å². The number of anilines is 2. The van der Waals surface area contributed by atoms with E-state index in [4.69, 9.17) is 15.2 Å². The molecule has 0 bridgehead atoms. The molecule has 0 unspecified atom stereocenters. The number of phenols is 1. The summed E-state index contributed by atoms with van der Waals surface area (Å²) >= 11 is 0. The number of hydrogen-bond acceptors (Lipinski definition) is 12. The van der Waals surface area contributed by atoms with Crippen LogP contribution in [0.5, 0.6) is 11.5 Å². The molecule has 32 heavy (non-hydrogen) atoms. The molecule has 1 aliphatic rings. The number of imidazole rings is 1. The zero-order valence-electron chi connectivity index (χ0n) is 16.7. The molecule has 4 rings (SSSR count). The Morgan fingerprint density at radius 2 is 2.16 bits per heavy atom. The molecule has 2 aromatic heterocycles.